The molecule has 14 heteroatoms. The normalized spacial score (nSPS) is 24.6. The number of hydrogen-bond acceptors (Lipinski definition) is 12. The van der Waals surface area contributed by atoms with Gasteiger partial charge in [-0.15, -0.1) is 0 Å². The molecule has 1 fully saturated rings. The van der Waals surface area contributed by atoms with Crippen molar-refractivity contribution in [3.05, 3.63) is 36.5 Å². The van der Waals surface area contributed by atoms with Crippen molar-refractivity contribution in [1.29, 1.82) is 0 Å². The first-order chi connectivity index (χ1) is 23.9. The molecular formula is C36H63O13P. The molecule has 0 spiro atoms. The third-order valence-corrected chi connectivity index (χ3v) is 9.29. The highest BCUT2D eigenvalue weighted by Gasteiger charge is 2.51. The molecule has 1 aliphatic carbocycles. The van der Waals surface area contributed by atoms with Crippen LogP contribution in [0.4, 0.5) is 0 Å². The summed E-state index contributed by atoms with van der Waals surface area (Å²) in [5, 5.41) is 49.8. The zero-order valence-electron chi connectivity index (χ0n) is 29.9. The molecule has 1 aliphatic rings. The van der Waals surface area contributed by atoms with Crippen LogP contribution in [0.25, 0.3) is 0 Å². The number of phosphoric ester groups is 1. The maximum Gasteiger partial charge on any atom is 0.472 e. The Bertz CT molecular complexity index is 1030. The van der Waals surface area contributed by atoms with Crippen LogP contribution < -0.4 is 0 Å². The van der Waals surface area contributed by atoms with E-state index in [1.807, 2.05) is 24.3 Å². The first-order valence-electron chi connectivity index (χ1n) is 18.3. The first kappa shape index (κ1) is 46.1. The molecule has 0 aromatic rings. The van der Waals surface area contributed by atoms with E-state index in [4.69, 9.17) is 18.5 Å². The standard InChI is InChI=1S/C36H63O13P/c1-3-5-7-9-11-13-14-15-16-17-19-21-23-25-30(38)48-28(26-46-29(37)24-22-20-18-12-10-8-6-4-2)27-47-50(44,45)49-36-34(42)32(40)31(39)33(41)35(36)43/h5,7,9,11,13-14,28,31-36,39-43H,3-4,6,8,10,12,15-27H2,1-2H3,(H,44,45)/b7-5+,11-9+,14-13+/t28?,31?,32-,33?,34?,35?,36?/m1/s1. The van der Waals surface area contributed by atoms with E-state index < -0.39 is 75.7 Å². The van der Waals surface area contributed by atoms with Gasteiger partial charge in [0.25, 0.3) is 0 Å². The van der Waals surface area contributed by atoms with Crippen LogP contribution in [0.1, 0.15) is 123 Å². The molecule has 0 saturated heterocycles. The number of hydrogen-bond donors (Lipinski definition) is 6. The molecule has 0 heterocycles. The van der Waals surface area contributed by atoms with Gasteiger partial charge in [0.05, 0.1) is 6.61 Å². The second-order valence-electron chi connectivity index (χ2n) is 12.8. The van der Waals surface area contributed by atoms with Crippen molar-refractivity contribution < 1.29 is 63.1 Å². The Morgan fingerprint density at radius 1 is 0.640 bits per heavy atom. The molecule has 0 bridgehead atoms. The van der Waals surface area contributed by atoms with Crippen LogP contribution in [0.2, 0.25) is 0 Å². The topological polar surface area (TPSA) is 210 Å². The molecule has 7 unspecified atom stereocenters. The predicted octanol–water partition coefficient (Wildman–Crippen LogP) is 5.10. The molecule has 0 aliphatic heterocycles. The van der Waals surface area contributed by atoms with Gasteiger partial charge >= 0.3 is 19.8 Å². The summed E-state index contributed by atoms with van der Waals surface area (Å²) in [6, 6.07) is 0. The van der Waals surface area contributed by atoms with Gasteiger partial charge in [0.15, 0.2) is 6.10 Å². The van der Waals surface area contributed by atoms with E-state index in [1.54, 1.807) is 0 Å². The van der Waals surface area contributed by atoms with E-state index >= 15 is 0 Å². The molecular weight excluding hydrogens is 671 g/mol. The number of allylic oxidation sites excluding steroid dienone is 6. The number of ether oxygens (including phenoxy) is 2. The molecule has 0 aromatic heterocycles. The summed E-state index contributed by atoms with van der Waals surface area (Å²) < 4.78 is 33.2. The van der Waals surface area contributed by atoms with E-state index in [0.717, 1.165) is 57.8 Å². The number of esters is 2. The molecule has 6 N–H and O–H groups in total. The fourth-order valence-corrected chi connectivity index (χ4v) is 6.26. The summed E-state index contributed by atoms with van der Waals surface area (Å²) in [7, 11) is -5.11. The van der Waals surface area contributed by atoms with Gasteiger partial charge in [-0.25, -0.2) is 4.57 Å². The average molecular weight is 735 g/mol. The number of unbranched alkanes of at least 4 members (excludes halogenated alkanes) is 12. The molecule has 0 amide bonds. The van der Waals surface area contributed by atoms with Crippen LogP contribution in [-0.4, -0.2) is 98.3 Å². The van der Waals surface area contributed by atoms with Gasteiger partial charge in [-0.1, -0.05) is 115 Å². The van der Waals surface area contributed by atoms with Crippen LogP contribution >= 0.6 is 7.82 Å². The smallest absolute Gasteiger partial charge is 0.462 e. The van der Waals surface area contributed by atoms with Crippen molar-refractivity contribution in [2.45, 2.75) is 166 Å². The summed E-state index contributed by atoms with van der Waals surface area (Å²) in [5.41, 5.74) is 0. The minimum Gasteiger partial charge on any atom is -0.462 e. The van der Waals surface area contributed by atoms with E-state index in [0.29, 0.717) is 12.8 Å². The number of phosphoric acid groups is 1. The number of aliphatic hydroxyl groups is 5. The minimum atomic E-state index is -5.11. The summed E-state index contributed by atoms with van der Waals surface area (Å²) in [4.78, 5) is 35.3. The van der Waals surface area contributed by atoms with Crippen molar-refractivity contribution in [2.75, 3.05) is 13.2 Å². The number of carbonyl (C=O) groups excluding carboxylic acids is 2. The molecule has 0 aromatic carbocycles. The average Bonchev–Trinajstić information content (AvgIpc) is 3.09. The molecule has 13 nitrogen and oxygen atoms in total. The van der Waals surface area contributed by atoms with Crippen molar-refractivity contribution >= 4 is 19.8 Å². The summed E-state index contributed by atoms with van der Waals surface area (Å²) in [6.07, 6.45) is 13.9. The van der Waals surface area contributed by atoms with Gasteiger partial charge < -0.3 is 39.9 Å². The lowest BCUT2D eigenvalue weighted by molar-refractivity contribution is -0.220. The molecule has 1 rings (SSSR count). The van der Waals surface area contributed by atoms with Gasteiger partial charge in [0.2, 0.25) is 0 Å². The zero-order chi connectivity index (χ0) is 37.2. The van der Waals surface area contributed by atoms with Crippen LogP contribution in [-0.2, 0) is 32.7 Å². The SMILES string of the molecule is CC/C=C/C=C/C=C/CCCCCCCC(=O)OC(COC(=O)CCCCCCCCCC)COP(=O)(O)OC1C(O)C(O)C(O)[C@@H](O)C1O. The second-order valence-corrected chi connectivity index (χ2v) is 14.2. The minimum absolute atomic E-state index is 0.0739. The van der Waals surface area contributed by atoms with Gasteiger partial charge in [0.1, 0.15) is 43.2 Å². The fourth-order valence-electron chi connectivity index (χ4n) is 5.28. The van der Waals surface area contributed by atoms with Crippen molar-refractivity contribution in [2.24, 2.45) is 0 Å². The maximum absolute atomic E-state index is 12.7. The van der Waals surface area contributed by atoms with Gasteiger partial charge in [0, 0.05) is 12.8 Å². The first-order valence-corrected chi connectivity index (χ1v) is 19.8. The molecule has 290 valence electrons. The highest BCUT2D eigenvalue weighted by molar-refractivity contribution is 7.47. The van der Waals surface area contributed by atoms with Crippen molar-refractivity contribution in [1.82, 2.24) is 0 Å². The molecule has 8 atom stereocenters. The summed E-state index contributed by atoms with van der Waals surface area (Å²) in [6.45, 7) is 3.06. The summed E-state index contributed by atoms with van der Waals surface area (Å²) in [5.74, 6) is -1.13. The fraction of sp³-hybridized carbons (Fsp3) is 0.778. The monoisotopic (exact) mass is 734 g/mol. The maximum atomic E-state index is 12.7. The Hall–Kier alpha value is -1.93. The lowest BCUT2D eigenvalue weighted by Crippen LogP contribution is -2.64. The largest absolute Gasteiger partial charge is 0.472 e. The lowest BCUT2D eigenvalue weighted by Gasteiger charge is -2.41. The van der Waals surface area contributed by atoms with E-state index in [9.17, 15) is 44.6 Å². The Morgan fingerprint density at radius 2 is 1.14 bits per heavy atom. The quantitative estimate of drug-likeness (QED) is 0.0268. The van der Waals surface area contributed by atoms with Crippen molar-refractivity contribution in [3.8, 4) is 0 Å². The van der Waals surface area contributed by atoms with Crippen LogP contribution in [0.15, 0.2) is 36.5 Å². The van der Waals surface area contributed by atoms with Crippen LogP contribution in [0.3, 0.4) is 0 Å². The van der Waals surface area contributed by atoms with Crippen LogP contribution in [0, 0.1) is 0 Å². The zero-order valence-corrected chi connectivity index (χ0v) is 30.8. The summed E-state index contributed by atoms with van der Waals surface area (Å²) >= 11 is 0. The van der Waals surface area contributed by atoms with E-state index in [-0.39, 0.29) is 12.8 Å². The third kappa shape index (κ3) is 20.8. The Kier molecular flexibility index (Phi) is 25.5. The van der Waals surface area contributed by atoms with Gasteiger partial charge in [-0.05, 0) is 32.1 Å². The van der Waals surface area contributed by atoms with Gasteiger partial charge in [-0.3, -0.25) is 18.6 Å². The van der Waals surface area contributed by atoms with E-state index in [2.05, 4.69) is 26.0 Å². The Labute approximate surface area is 298 Å². The Morgan fingerprint density at radius 3 is 1.72 bits per heavy atom. The van der Waals surface area contributed by atoms with E-state index in [1.165, 1.54) is 25.7 Å². The van der Waals surface area contributed by atoms with Crippen molar-refractivity contribution in [3.63, 3.8) is 0 Å². The molecule has 50 heavy (non-hydrogen) atoms. The highest BCUT2D eigenvalue weighted by atomic mass is 31.2. The van der Waals surface area contributed by atoms with Gasteiger partial charge in [-0.2, -0.15) is 0 Å². The Balaban J connectivity index is 2.59. The second kappa shape index (κ2) is 27.7. The van der Waals surface area contributed by atoms with Crippen LogP contribution in [0.5, 0.6) is 0 Å². The molecule has 0 radical (unpaired) electrons. The number of aliphatic hydroxyl groups excluding tert-OH is 5. The predicted molar refractivity (Wildman–Crippen MR) is 189 cm³/mol. The number of rotatable bonds is 28. The lowest BCUT2D eigenvalue weighted by atomic mass is 9.85. The number of carbonyl (C=O) groups is 2. The highest BCUT2D eigenvalue weighted by Crippen LogP contribution is 2.47. The molecule has 1 saturated carbocycles. The third-order valence-electron chi connectivity index (χ3n) is 8.31.